The lowest BCUT2D eigenvalue weighted by Gasteiger charge is -2.10. The summed E-state index contributed by atoms with van der Waals surface area (Å²) in [4.78, 5) is 4.35. The first kappa shape index (κ1) is 15.7. The molecule has 8 heteroatoms. The van der Waals surface area contributed by atoms with Crippen LogP contribution in [-0.4, -0.2) is 23.0 Å². The Labute approximate surface area is 148 Å². The average Bonchev–Trinajstić information content (AvgIpc) is 3.16. The van der Waals surface area contributed by atoms with Gasteiger partial charge in [0.05, 0.1) is 5.52 Å². The van der Waals surface area contributed by atoms with E-state index in [1.807, 2.05) is 17.5 Å². The van der Waals surface area contributed by atoms with Crippen molar-refractivity contribution in [2.45, 2.75) is 4.90 Å². The minimum absolute atomic E-state index is 0.151. The molecular formula is C17H12N4O2S2. The van der Waals surface area contributed by atoms with Gasteiger partial charge in [0.15, 0.2) is 0 Å². The van der Waals surface area contributed by atoms with Gasteiger partial charge in [0, 0.05) is 28.2 Å². The number of nitrogens with zero attached hydrogens (tertiary/aromatic N) is 3. The molecule has 0 bridgehead atoms. The molecular weight excluding hydrogens is 356 g/mol. The van der Waals surface area contributed by atoms with Crippen LogP contribution < -0.4 is 4.72 Å². The maximum absolute atomic E-state index is 12.8. The minimum atomic E-state index is -3.74. The Bertz CT molecular complexity index is 1120. The summed E-state index contributed by atoms with van der Waals surface area (Å²) < 4.78 is 31.9. The molecule has 4 rings (SSSR count). The third kappa shape index (κ3) is 3.09. The van der Waals surface area contributed by atoms with Gasteiger partial charge >= 0.3 is 0 Å². The highest BCUT2D eigenvalue weighted by Gasteiger charge is 2.18. The van der Waals surface area contributed by atoms with Crippen LogP contribution in [0.25, 0.3) is 22.2 Å². The van der Waals surface area contributed by atoms with E-state index >= 15 is 0 Å². The highest BCUT2D eigenvalue weighted by molar-refractivity contribution is 7.93. The Balaban J connectivity index is 1.67. The Morgan fingerprint density at radius 1 is 0.960 bits per heavy atom. The van der Waals surface area contributed by atoms with E-state index < -0.39 is 10.0 Å². The Kier molecular flexibility index (Phi) is 3.90. The number of anilines is 1. The van der Waals surface area contributed by atoms with Gasteiger partial charge in [-0.25, -0.2) is 8.42 Å². The molecule has 0 unspecified atom stereocenters. The normalized spacial score (nSPS) is 11.5. The first-order valence-electron chi connectivity index (χ1n) is 7.37. The molecule has 0 aliphatic carbocycles. The summed E-state index contributed by atoms with van der Waals surface area (Å²) in [6.45, 7) is 0. The van der Waals surface area contributed by atoms with E-state index in [2.05, 4.69) is 19.3 Å². The molecule has 0 spiro atoms. The van der Waals surface area contributed by atoms with Crippen molar-refractivity contribution < 1.29 is 8.42 Å². The fourth-order valence-corrected chi connectivity index (χ4v) is 4.21. The van der Waals surface area contributed by atoms with Gasteiger partial charge in [0.2, 0.25) is 0 Å². The molecule has 0 radical (unpaired) electrons. The van der Waals surface area contributed by atoms with E-state index in [0.29, 0.717) is 11.2 Å². The van der Waals surface area contributed by atoms with Crippen LogP contribution in [0.3, 0.4) is 0 Å². The second kappa shape index (κ2) is 6.23. The molecule has 2 aromatic carbocycles. The molecule has 0 aliphatic heterocycles. The number of hydrogen-bond donors (Lipinski definition) is 1. The Hall–Kier alpha value is -2.84. The second-order valence-electron chi connectivity index (χ2n) is 5.30. The van der Waals surface area contributed by atoms with Gasteiger partial charge in [-0.05, 0) is 35.8 Å². The van der Waals surface area contributed by atoms with Crippen LogP contribution in [0.15, 0.2) is 71.1 Å². The van der Waals surface area contributed by atoms with Crippen LogP contribution >= 0.6 is 11.5 Å². The van der Waals surface area contributed by atoms with Crippen molar-refractivity contribution in [3.63, 3.8) is 0 Å². The number of hydrogen-bond acceptors (Lipinski definition) is 6. The zero-order valence-corrected chi connectivity index (χ0v) is 14.5. The summed E-state index contributed by atoms with van der Waals surface area (Å²) in [5, 5.41) is 6.60. The predicted octanol–water partition coefficient (Wildman–Crippen LogP) is 3.55. The van der Waals surface area contributed by atoms with E-state index in [9.17, 15) is 8.42 Å². The molecule has 0 saturated carbocycles. The quantitative estimate of drug-likeness (QED) is 0.595. The monoisotopic (exact) mass is 368 g/mol. The number of sulfonamides is 1. The van der Waals surface area contributed by atoms with Gasteiger partial charge in [-0.1, -0.05) is 34.8 Å². The molecule has 6 nitrogen and oxygen atoms in total. The summed E-state index contributed by atoms with van der Waals surface area (Å²) >= 11 is 1.27. The Morgan fingerprint density at radius 2 is 1.76 bits per heavy atom. The van der Waals surface area contributed by atoms with Gasteiger partial charge in [-0.2, -0.15) is 0 Å². The van der Waals surface area contributed by atoms with Gasteiger partial charge in [0.25, 0.3) is 10.0 Å². The summed E-state index contributed by atoms with van der Waals surface area (Å²) in [6.07, 6.45) is 1.58. The van der Waals surface area contributed by atoms with E-state index in [1.54, 1.807) is 48.7 Å². The summed E-state index contributed by atoms with van der Waals surface area (Å²) in [5.74, 6) is 0. The molecule has 0 fully saturated rings. The van der Waals surface area contributed by atoms with Crippen molar-refractivity contribution in [1.82, 2.24) is 14.6 Å². The summed E-state index contributed by atoms with van der Waals surface area (Å²) in [5.41, 5.74) is 2.56. The number of nitrogens with one attached hydrogen (secondary N) is 1. The summed E-state index contributed by atoms with van der Waals surface area (Å²) in [7, 11) is -3.74. The lowest BCUT2D eigenvalue weighted by atomic mass is 10.2. The van der Waals surface area contributed by atoms with Crippen molar-refractivity contribution in [3.8, 4) is 11.3 Å². The van der Waals surface area contributed by atoms with Crippen LogP contribution in [0.5, 0.6) is 0 Å². The fourth-order valence-electron chi connectivity index (χ4n) is 2.50. The molecule has 2 heterocycles. The minimum Gasteiger partial charge on any atom is -0.280 e. The number of para-hydroxylation sites is 1. The highest BCUT2D eigenvalue weighted by atomic mass is 32.2. The van der Waals surface area contributed by atoms with E-state index in [-0.39, 0.29) is 4.90 Å². The van der Waals surface area contributed by atoms with Crippen molar-refractivity contribution in [3.05, 3.63) is 66.2 Å². The molecule has 0 atom stereocenters. The van der Waals surface area contributed by atoms with Crippen LogP contribution in [-0.2, 0) is 10.0 Å². The number of benzene rings is 2. The zero-order valence-electron chi connectivity index (χ0n) is 12.8. The summed E-state index contributed by atoms with van der Waals surface area (Å²) in [6, 6.07) is 15.7. The average molecular weight is 368 g/mol. The number of rotatable bonds is 4. The topological polar surface area (TPSA) is 84.8 Å². The van der Waals surface area contributed by atoms with Gasteiger partial charge in [-0.15, -0.1) is 5.10 Å². The van der Waals surface area contributed by atoms with Gasteiger partial charge in [-0.3, -0.25) is 9.71 Å². The lowest BCUT2D eigenvalue weighted by Crippen LogP contribution is -2.13. The van der Waals surface area contributed by atoms with Gasteiger partial charge < -0.3 is 0 Å². The maximum Gasteiger partial charge on any atom is 0.264 e. The maximum atomic E-state index is 12.8. The van der Waals surface area contributed by atoms with E-state index in [4.69, 9.17) is 0 Å². The standard InChI is InChI=1S/C17H12N4O2S2/c22-25(23,16-5-1-3-13-4-2-10-18-17(13)16)20-14-8-6-12(7-9-14)15-11-24-21-19-15/h1-11,20H. The molecule has 1 N–H and O–H groups in total. The van der Waals surface area contributed by atoms with Crippen LogP contribution in [0.1, 0.15) is 0 Å². The molecule has 124 valence electrons. The number of pyridine rings is 1. The van der Waals surface area contributed by atoms with Crippen molar-refractivity contribution in [1.29, 1.82) is 0 Å². The molecule has 2 aromatic heterocycles. The smallest absolute Gasteiger partial charge is 0.264 e. The molecule has 4 aromatic rings. The third-order valence-corrected chi connectivity index (χ3v) is 5.60. The molecule has 25 heavy (non-hydrogen) atoms. The zero-order chi connectivity index (χ0) is 17.3. The van der Waals surface area contributed by atoms with Crippen molar-refractivity contribution >= 4 is 38.1 Å². The Morgan fingerprint density at radius 3 is 2.52 bits per heavy atom. The highest BCUT2D eigenvalue weighted by Crippen LogP contribution is 2.25. The van der Waals surface area contributed by atoms with Crippen LogP contribution in [0.4, 0.5) is 5.69 Å². The lowest BCUT2D eigenvalue weighted by molar-refractivity contribution is 0.602. The predicted molar refractivity (Wildman–Crippen MR) is 97.9 cm³/mol. The van der Waals surface area contributed by atoms with Crippen LogP contribution in [0.2, 0.25) is 0 Å². The fraction of sp³-hybridized carbons (Fsp3) is 0. The third-order valence-electron chi connectivity index (χ3n) is 3.68. The van der Waals surface area contributed by atoms with Crippen LogP contribution in [0, 0.1) is 0 Å². The number of aromatic nitrogens is 3. The largest absolute Gasteiger partial charge is 0.280 e. The molecule has 0 aliphatic rings. The molecule has 0 saturated heterocycles. The van der Waals surface area contributed by atoms with E-state index in [0.717, 1.165) is 16.6 Å². The number of fused-ring (bicyclic) bond motifs is 1. The SMILES string of the molecule is O=S(=O)(Nc1ccc(-c2csnn2)cc1)c1cccc2cccnc12. The first-order valence-corrected chi connectivity index (χ1v) is 9.69. The van der Waals surface area contributed by atoms with Gasteiger partial charge in [0.1, 0.15) is 10.6 Å². The van der Waals surface area contributed by atoms with E-state index in [1.165, 1.54) is 11.5 Å². The van der Waals surface area contributed by atoms with Crippen molar-refractivity contribution in [2.75, 3.05) is 4.72 Å². The second-order valence-corrected chi connectivity index (χ2v) is 7.56. The first-order chi connectivity index (χ1) is 12.1. The molecule has 0 amide bonds. The van der Waals surface area contributed by atoms with Crippen molar-refractivity contribution in [2.24, 2.45) is 0 Å².